The molecule has 0 aliphatic carbocycles. The van der Waals surface area contributed by atoms with E-state index in [2.05, 4.69) is 15.3 Å². The van der Waals surface area contributed by atoms with Crippen molar-refractivity contribution < 1.29 is 4.39 Å². The SMILES string of the molecule is CCn1ncc2c1Nc1cc(F)ccc1N(C)C2. The molecule has 1 aromatic carbocycles. The molecule has 0 bridgehead atoms. The Bertz CT molecular complexity index is 591. The van der Waals surface area contributed by atoms with E-state index in [1.807, 2.05) is 24.9 Å². The van der Waals surface area contributed by atoms with Crippen LogP contribution in [0.3, 0.4) is 0 Å². The van der Waals surface area contributed by atoms with Gasteiger partial charge in [0, 0.05) is 25.7 Å². The van der Waals surface area contributed by atoms with Gasteiger partial charge in [-0.2, -0.15) is 5.10 Å². The Morgan fingerprint density at radius 3 is 3.06 bits per heavy atom. The van der Waals surface area contributed by atoms with Gasteiger partial charge >= 0.3 is 0 Å². The first kappa shape index (κ1) is 11.1. The van der Waals surface area contributed by atoms with Crippen LogP contribution in [0.4, 0.5) is 21.6 Å². The average molecular weight is 246 g/mol. The second-order valence-corrected chi connectivity index (χ2v) is 4.48. The summed E-state index contributed by atoms with van der Waals surface area (Å²) in [5.41, 5.74) is 2.90. The molecule has 18 heavy (non-hydrogen) atoms. The van der Waals surface area contributed by atoms with E-state index in [9.17, 15) is 4.39 Å². The number of fused-ring (bicyclic) bond motifs is 2. The van der Waals surface area contributed by atoms with Crippen molar-refractivity contribution in [3.63, 3.8) is 0 Å². The lowest BCUT2D eigenvalue weighted by Gasteiger charge is -2.18. The molecule has 2 heterocycles. The highest BCUT2D eigenvalue weighted by Crippen LogP contribution is 2.35. The van der Waals surface area contributed by atoms with Crippen LogP contribution in [0.5, 0.6) is 0 Å². The maximum Gasteiger partial charge on any atom is 0.133 e. The third kappa shape index (κ3) is 1.63. The van der Waals surface area contributed by atoms with Crippen LogP contribution in [0.25, 0.3) is 0 Å². The highest BCUT2D eigenvalue weighted by Gasteiger charge is 2.20. The van der Waals surface area contributed by atoms with Gasteiger partial charge in [-0.15, -0.1) is 0 Å². The summed E-state index contributed by atoms with van der Waals surface area (Å²) in [6, 6.07) is 4.81. The molecular formula is C13H15FN4. The minimum absolute atomic E-state index is 0.235. The number of aryl methyl sites for hydroxylation is 1. The zero-order valence-electron chi connectivity index (χ0n) is 10.4. The van der Waals surface area contributed by atoms with Crippen LogP contribution < -0.4 is 10.2 Å². The molecule has 5 heteroatoms. The van der Waals surface area contributed by atoms with E-state index >= 15 is 0 Å². The normalized spacial score (nSPS) is 13.6. The molecule has 2 aromatic rings. The van der Waals surface area contributed by atoms with Crippen LogP contribution in [0.15, 0.2) is 24.4 Å². The second kappa shape index (κ2) is 4.01. The largest absolute Gasteiger partial charge is 0.368 e. The lowest BCUT2D eigenvalue weighted by Crippen LogP contribution is -2.15. The number of aromatic nitrogens is 2. The number of halogens is 1. The fourth-order valence-corrected chi connectivity index (χ4v) is 2.33. The Morgan fingerprint density at radius 1 is 1.44 bits per heavy atom. The number of hydrogen-bond donors (Lipinski definition) is 1. The van der Waals surface area contributed by atoms with E-state index in [-0.39, 0.29) is 5.82 Å². The van der Waals surface area contributed by atoms with Crippen molar-refractivity contribution in [2.45, 2.75) is 20.0 Å². The summed E-state index contributed by atoms with van der Waals surface area (Å²) in [6.45, 7) is 3.59. The van der Waals surface area contributed by atoms with Crippen LogP contribution in [-0.2, 0) is 13.1 Å². The molecule has 0 unspecified atom stereocenters. The summed E-state index contributed by atoms with van der Waals surface area (Å²) < 4.78 is 15.2. The molecule has 0 spiro atoms. The molecule has 1 aromatic heterocycles. The molecule has 1 N–H and O–H groups in total. The molecule has 94 valence electrons. The number of anilines is 3. The molecule has 0 fully saturated rings. The number of hydrogen-bond acceptors (Lipinski definition) is 3. The summed E-state index contributed by atoms with van der Waals surface area (Å²) in [7, 11) is 2.00. The predicted molar refractivity (Wildman–Crippen MR) is 69.7 cm³/mol. The van der Waals surface area contributed by atoms with Crippen molar-refractivity contribution in [3.8, 4) is 0 Å². The van der Waals surface area contributed by atoms with E-state index in [0.29, 0.717) is 0 Å². The van der Waals surface area contributed by atoms with Crippen LogP contribution in [-0.4, -0.2) is 16.8 Å². The smallest absolute Gasteiger partial charge is 0.133 e. The molecule has 3 rings (SSSR count). The van der Waals surface area contributed by atoms with Crippen molar-refractivity contribution >= 4 is 17.2 Å². The topological polar surface area (TPSA) is 33.1 Å². The van der Waals surface area contributed by atoms with Gasteiger partial charge in [-0.3, -0.25) is 0 Å². The highest BCUT2D eigenvalue weighted by molar-refractivity contribution is 5.77. The van der Waals surface area contributed by atoms with Crippen LogP contribution in [0.1, 0.15) is 12.5 Å². The van der Waals surface area contributed by atoms with E-state index in [0.717, 1.165) is 35.8 Å². The second-order valence-electron chi connectivity index (χ2n) is 4.48. The zero-order valence-corrected chi connectivity index (χ0v) is 10.4. The van der Waals surface area contributed by atoms with Crippen molar-refractivity contribution in [1.82, 2.24) is 9.78 Å². The number of benzene rings is 1. The van der Waals surface area contributed by atoms with Crippen molar-refractivity contribution in [2.75, 3.05) is 17.3 Å². The Balaban J connectivity index is 2.14. The first-order chi connectivity index (χ1) is 8.69. The standard InChI is InChI=1S/C13H15FN4/c1-3-18-13-9(7-15-18)8-17(2)12-5-4-10(14)6-11(12)16-13/h4-7,16H,3,8H2,1-2H3. The van der Waals surface area contributed by atoms with Gasteiger partial charge in [0.2, 0.25) is 0 Å². The molecule has 4 nitrogen and oxygen atoms in total. The van der Waals surface area contributed by atoms with Crippen LogP contribution >= 0.6 is 0 Å². The van der Waals surface area contributed by atoms with Crippen LogP contribution in [0.2, 0.25) is 0 Å². The first-order valence-electron chi connectivity index (χ1n) is 6.01. The molecule has 1 aliphatic rings. The maximum absolute atomic E-state index is 13.4. The van der Waals surface area contributed by atoms with Gasteiger partial charge in [0.25, 0.3) is 0 Å². The van der Waals surface area contributed by atoms with E-state index in [4.69, 9.17) is 0 Å². The van der Waals surface area contributed by atoms with E-state index in [1.54, 1.807) is 6.07 Å². The highest BCUT2D eigenvalue weighted by atomic mass is 19.1. The van der Waals surface area contributed by atoms with Crippen LogP contribution in [0, 0.1) is 5.82 Å². The molecule has 0 amide bonds. The maximum atomic E-state index is 13.4. The van der Waals surface area contributed by atoms with Gasteiger partial charge < -0.3 is 10.2 Å². The van der Waals surface area contributed by atoms with Gasteiger partial charge in [0.1, 0.15) is 11.6 Å². The number of rotatable bonds is 1. The predicted octanol–water partition coefficient (Wildman–Crippen LogP) is 2.74. The first-order valence-corrected chi connectivity index (χ1v) is 6.01. The van der Waals surface area contributed by atoms with Crippen molar-refractivity contribution in [3.05, 3.63) is 35.8 Å². The third-order valence-electron chi connectivity index (χ3n) is 3.25. The Hall–Kier alpha value is -2.04. The minimum Gasteiger partial charge on any atom is -0.368 e. The quantitative estimate of drug-likeness (QED) is 0.840. The molecule has 0 atom stereocenters. The molecule has 0 radical (unpaired) electrons. The lowest BCUT2D eigenvalue weighted by atomic mass is 10.2. The molecule has 0 saturated heterocycles. The summed E-state index contributed by atoms with van der Waals surface area (Å²) in [5.74, 6) is 0.717. The third-order valence-corrected chi connectivity index (χ3v) is 3.25. The molecular weight excluding hydrogens is 231 g/mol. The van der Waals surface area contributed by atoms with E-state index < -0.39 is 0 Å². The summed E-state index contributed by atoms with van der Waals surface area (Å²) in [5, 5.41) is 7.61. The average Bonchev–Trinajstić information content (AvgIpc) is 2.65. The number of nitrogens with zero attached hydrogens (tertiary/aromatic N) is 3. The van der Waals surface area contributed by atoms with Gasteiger partial charge in [-0.05, 0) is 25.1 Å². The van der Waals surface area contributed by atoms with Gasteiger partial charge in [0.05, 0.1) is 17.6 Å². The zero-order chi connectivity index (χ0) is 12.7. The van der Waals surface area contributed by atoms with Crippen molar-refractivity contribution in [2.24, 2.45) is 0 Å². The minimum atomic E-state index is -0.235. The van der Waals surface area contributed by atoms with Gasteiger partial charge in [0.15, 0.2) is 0 Å². The summed E-state index contributed by atoms with van der Waals surface area (Å²) in [4.78, 5) is 2.09. The molecule has 1 aliphatic heterocycles. The molecule has 0 saturated carbocycles. The monoisotopic (exact) mass is 246 g/mol. The Kier molecular flexibility index (Phi) is 2.47. The van der Waals surface area contributed by atoms with E-state index in [1.165, 1.54) is 12.1 Å². The Labute approximate surface area is 105 Å². The Morgan fingerprint density at radius 2 is 2.28 bits per heavy atom. The summed E-state index contributed by atoms with van der Waals surface area (Å²) in [6.07, 6.45) is 1.87. The fourth-order valence-electron chi connectivity index (χ4n) is 2.33. The summed E-state index contributed by atoms with van der Waals surface area (Å²) >= 11 is 0. The van der Waals surface area contributed by atoms with Gasteiger partial charge in [-0.1, -0.05) is 0 Å². The van der Waals surface area contributed by atoms with Gasteiger partial charge in [-0.25, -0.2) is 9.07 Å². The fraction of sp³-hybridized carbons (Fsp3) is 0.308. The number of nitrogens with one attached hydrogen (secondary N) is 1. The lowest BCUT2D eigenvalue weighted by molar-refractivity contribution is 0.628. The van der Waals surface area contributed by atoms with Crippen molar-refractivity contribution in [1.29, 1.82) is 0 Å².